The molecule has 1 aromatic carbocycles. The van der Waals surface area contributed by atoms with Gasteiger partial charge < -0.3 is 10.2 Å². The van der Waals surface area contributed by atoms with E-state index >= 15 is 0 Å². The van der Waals surface area contributed by atoms with Gasteiger partial charge in [-0.3, -0.25) is 0 Å². The zero-order valence-electron chi connectivity index (χ0n) is 12.9. The molecule has 2 nitrogen and oxygen atoms in total. The molecule has 1 aromatic rings. The molecule has 1 saturated heterocycles. The minimum atomic E-state index is 0.591. The van der Waals surface area contributed by atoms with E-state index in [0.717, 1.165) is 19.6 Å². The second kappa shape index (κ2) is 6.42. The van der Waals surface area contributed by atoms with Crippen molar-refractivity contribution in [3.8, 4) is 0 Å². The second-order valence-electron chi connectivity index (χ2n) is 6.28. The van der Waals surface area contributed by atoms with Crippen LogP contribution in [0.2, 0.25) is 0 Å². The fourth-order valence-electron chi connectivity index (χ4n) is 3.06. The molecule has 1 fully saturated rings. The Hall–Kier alpha value is -1.02. The molecule has 0 spiro atoms. The fraction of sp³-hybridized carbons (Fsp3) is 0.647. The number of aryl methyl sites for hydroxylation is 1. The van der Waals surface area contributed by atoms with E-state index in [1.807, 2.05) is 0 Å². The maximum atomic E-state index is 3.53. The summed E-state index contributed by atoms with van der Waals surface area (Å²) in [7, 11) is 0. The van der Waals surface area contributed by atoms with Crippen molar-refractivity contribution in [2.75, 3.05) is 31.1 Å². The van der Waals surface area contributed by atoms with Gasteiger partial charge >= 0.3 is 0 Å². The predicted molar refractivity (Wildman–Crippen MR) is 84.1 cm³/mol. The lowest BCUT2D eigenvalue weighted by Crippen LogP contribution is -2.39. The Balaban J connectivity index is 2.32. The van der Waals surface area contributed by atoms with Gasteiger partial charge in [0, 0.05) is 18.8 Å². The third-order valence-electron chi connectivity index (χ3n) is 4.01. The third kappa shape index (κ3) is 3.50. The van der Waals surface area contributed by atoms with Gasteiger partial charge in [-0.25, -0.2) is 0 Å². The van der Waals surface area contributed by atoms with E-state index < -0.39 is 0 Å². The van der Waals surface area contributed by atoms with Gasteiger partial charge in [0.25, 0.3) is 0 Å². The van der Waals surface area contributed by atoms with Gasteiger partial charge in [-0.1, -0.05) is 39.0 Å². The fourth-order valence-corrected chi connectivity index (χ4v) is 3.06. The van der Waals surface area contributed by atoms with Crippen LogP contribution in [0, 0.1) is 12.8 Å². The van der Waals surface area contributed by atoms with Crippen molar-refractivity contribution in [2.45, 2.75) is 40.0 Å². The molecule has 1 aliphatic rings. The highest BCUT2D eigenvalue weighted by molar-refractivity contribution is 5.60. The van der Waals surface area contributed by atoms with Gasteiger partial charge in [0.1, 0.15) is 0 Å². The molecule has 0 bridgehead atoms. The van der Waals surface area contributed by atoms with E-state index in [1.165, 1.54) is 29.8 Å². The standard InChI is InChI=1S/C17H28N2/c1-13(2)16-8-5-7-15(4)17(16)19-10-6-9-18-11-14(3)12-19/h5,7-8,13-14,18H,6,9-12H2,1-4H3. The van der Waals surface area contributed by atoms with E-state index in [-0.39, 0.29) is 0 Å². The number of para-hydroxylation sites is 1. The maximum Gasteiger partial charge on any atom is 0.0431 e. The molecule has 0 amide bonds. The Kier molecular flexibility index (Phi) is 4.87. The summed E-state index contributed by atoms with van der Waals surface area (Å²) in [6.45, 7) is 13.8. The number of anilines is 1. The average Bonchev–Trinajstić information content (AvgIpc) is 2.33. The number of rotatable bonds is 2. The predicted octanol–water partition coefficient (Wildman–Crippen LogP) is 3.55. The highest BCUT2D eigenvalue weighted by Crippen LogP contribution is 2.31. The minimum Gasteiger partial charge on any atom is -0.371 e. The number of benzene rings is 1. The van der Waals surface area contributed by atoms with Crippen LogP contribution in [-0.2, 0) is 0 Å². The van der Waals surface area contributed by atoms with Gasteiger partial charge in [-0.15, -0.1) is 0 Å². The summed E-state index contributed by atoms with van der Waals surface area (Å²) < 4.78 is 0. The molecule has 1 N–H and O–H groups in total. The summed E-state index contributed by atoms with van der Waals surface area (Å²) in [5.74, 6) is 1.30. The van der Waals surface area contributed by atoms with Gasteiger partial charge in [-0.2, -0.15) is 0 Å². The van der Waals surface area contributed by atoms with Crippen LogP contribution in [-0.4, -0.2) is 26.2 Å². The molecular formula is C17H28N2. The smallest absolute Gasteiger partial charge is 0.0431 e. The van der Waals surface area contributed by atoms with Crippen molar-refractivity contribution in [3.63, 3.8) is 0 Å². The molecule has 19 heavy (non-hydrogen) atoms. The first kappa shape index (κ1) is 14.4. The van der Waals surface area contributed by atoms with Crippen LogP contribution >= 0.6 is 0 Å². The van der Waals surface area contributed by atoms with E-state index in [4.69, 9.17) is 0 Å². The summed E-state index contributed by atoms with van der Waals surface area (Å²) in [5.41, 5.74) is 4.42. The first-order chi connectivity index (χ1) is 9.09. The zero-order valence-corrected chi connectivity index (χ0v) is 12.9. The number of nitrogens with one attached hydrogen (secondary N) is 1. The molecule has 0 radical (unpaired) electrons. The van der Waals surface area contributed by atoms with Crippen molar-refractivity contribution in [2.24, 2.45) is 5.92 Å². The Morgan fingerprint density at radius 1 is 1.32 bits per heavy atom. The van der Waals surface area contributed by atoms with Gasteiger partial charge in [0.15, 0.2) is 0 Å². The minimum absolute atomic E-state index is 0.591. The average molecular weight is 260 g/mol. The maximum absolute atomic E-state index is 3.53. The molecule has 1 heterocycles. The summed E-state index contributed by atoms with van der Waals surface area (Å²) in [4.78, 5) is 2.62. The van der Waals surface area contributed by atoms with E-state index in [1.54, 1.807) is 0 Å². The molecule has 0 saturated carbocycles. The second-order valence-corrected chi connectivity index (χ2v) is 6.28. The first-order valence-electron chi connectivity index (χ1n) is 7.64. The molecule has 1 unspecified atom stereocenters. The lowest BCUT2D eigenvalue weighted by atomic mass is 9.96. The molecule has 2 heteroatoms. The van der Waals surface area contributed by atoms with E-state index in [0.29, 0.717) is 11.8 Å². The topological polar surface area (TPSA) is 15.3 Å². The SMILES string of the molecule is Cc1cccc(C(C)C)c1N1CCCNCC(C)C1. The highest BCUT2D eigenvalue weighted by Gasteiger charge is 2.19. The Labute approximate surface area is 118 Å². The van der Waals surface area contributed by atoms with Gasteiger partial charge in [0.05, 0.1) is 0 Å². The monoisotopic (exact) mass is 260 g/mol. The first-order valence-corrected chi connectivity index (χ1v) is 7.64. The van der Waals surface area contributed by atoms with Crippen LogP contribution in [0.15, 0.2) is 18.2 Å². The van der Waals surface area contributed by atoms with Gasteiger partial charge in [-0.05, 0) is 49.4 Å². The molecule has 0 aromatic heterocycles. The summed E-state index contributed by atoms with van der Waals surface area (Å²) >= 11 is 0. The van der Waals surface area contributed by atoms with Crippen LogP contribution in [0.25, 0.3) is 0 Å². The van der Waals surface area contributed by atoms with Crippen molar-refractivity contribution in [1.29, 1.82) is 0 Å². The van der Waals surface area contributed by atoms with Crippen LogP contribution in [0.1, 0.15) is 44.2 Å². The Morgan fingerprint density at radius 3 is 2.84 bits per heavy atom. The van der Waals surface area contributed by atoms with Crippen LogP contribution in [0.3, 0.4) is 0 Å². The molecule has 1 aliphatic heterocycles. The van der Waals surface area contributed by atoms with Crippen LogP contribution < -0.4 is 10.2 Å². The van der Waals surface area contributed by atoms with E-state index in [2.05, 4.69) is 56.1 Å². The molecule has 1 atom stereocenters. The Morgan fingerprint density at radius 2 is 2.11 bits per heavy atom. The van der Waals surface area contributed by atoms with Crippen LogP contribution in [0.4, 0.5) is 5.69 Å². The van der Waals surface area contributed by atoms with E-state index in [9.17, 15) is 0 Å². The number of hydrogen-bond donors (Lipinski definition) is 1. The summed E-state index contributed by atoms with van der Waals surface area (Å²) in [6, 6.07) is 6.75. The number of hydrogen-bond acceptors (Lipinski definition) is 2. The molecule has 0 aliphatic carbocycles. The van der Waals surface area contributed by atoms with Gasteiger partial charge in [0.2, 0.25) is 0 Å². The summed E-state index contributed by atoms with van der Waals surface area (Å²) in [6.07, 6.45) is 1.23. The van der Waals surface area contributed by atoms with Crippen molar-refractivity contribution < 1.29 is 0 Å². The van der Waals surface area contributed by atoms with Crippen molar-refractivity contribution >= 4 is 5.69 Å². The molecular weight excluding hydrogens is 232 g/mol. The summed E-state index contributed by atoms with van der Waals surface area (Å²) in [5, 5.41) is 3.53. The lowest BCUT2D eigenvalue weighted by molar-refractivity contribution is 0.467. The zero-order chi connectivity index (χ0) is 13.8. The Bertz CT molecular complexity index is 412. The quantitative estimate of drug-likeness (QED) is 0.875. The normalized spacial score (nSPS) is 21.3. The highest BCUT2D eigenvalue weighted by atomic mass is 15.1. The lowest BCUT2D eigenvalue weighted by Gasteiger charge is -2.34. The third-order valence-corrected chi connectivity index (χ3v) is 4.01. The van der Waals surface area contributed by atoms with Crippen molar-refractivity contribution in [1.82, 2.24) is 5.32 Å². The van der Waals surface area contributed by atoms with Crippen LogP contribution in [0.5, 0.6) is 0 Å². The number of nitrogens with zero attached hydrogens (tertiary/aromatic N) is 1. The molecule has 2 rings (SSSR count). The largest absolute Gasteiger partial charge is 0.371 e. The van der Waals surface area contributed by atoms with Crippen molar-refractivity contribution in [3.05, 3.63) is 29.3 Å². The molecule has 106 valence electrons.